The van der Waals surface area contributed by atoms with Crippen LogP contribution in [0.2, 0.25) is 0 Å². The summed E-state index contributed by atoms with van der Waals surface area (Å²) in [6, 6.07) is -0.0752. The molecule has 22 heavy (non-hydrogen) atoms. The molecule has 0 unspecified atom stereocenters. The molecule has 7 heteroatoms. The first-order chi connectivity index (χ1) is 10.6. The van der Waals surface area contributed by atoms with Crippen LogP contribution in [0, 0.1) is 5.41 Å². The molecule has 2 rings (SSSR count). The topological polar surface area (TPSA) is 77.1 Å². The van der Waals surface area contributed by atoms with Crippen LogP contribution in [0.5, 0.6) is 0 Å². The van der Waals surface area contributed by atoms with E-state index in [1.54, 1.807) is 18.9 Å². The minimum Gasteiger partial charge on any atom is -0.465 e. The van der Waals surface area contributed by atoms with Gasteiger partial charge in [0.2, 0.25) is 0 Å². The number of carbonyl (C=O) groups is 2. The Morgan fingerprint density at radius 1 is 1.45 bits per heavy atom. The number of amides is 2. The van der Waals surface area contributed by atoms with Crippen molar-refractivity contribution in [2.24, 2.45) is 5.41 Å². The predicted molar refractivity (Wildman–Crippen MR) is 79.5 cm³/mol. The Balaban J connectivity index is 2.00. The highest BCUT2D eigenvalue weighted by Gasteiger charge is 2.45. The molecule has 0 saturated carbocycles. The van der Waals surface area contributed by atoms with Gasteiger partial charge in [0.15, 0.2) is 0 Å². The number of rotatable bonds is 5. The third-order valence-electron chi connectivity index (χ3n) is 4.25. The molecule has 0 aliphatic carbocycles. The summed E-state index contributed by atoms with van der Waals surface area (Å²) in [5.41, 5.74) is -0.757. The highest BCUT2D eigenvalue weighted by molar-refractivity contribution is 5.80. The fraction of sp³-hybridized carbons (Fsp3) is 0.867. The summed E-state index contributed by atoms with van der Waals surface area (Å²) < 4.78 is 15.7. The first-order valence-electron chi connectivity index (χ1n) is 7.90. The van der Waals surface area contributed by atoms with E-state index in [2.05, 4.69) is 5.32 Å². The molecule has 2 fully saturated rings. The standard InChI is InChI=1S/C15H26N2O5/c1-3-22-13(18)15(11-20-2)6-4-7-17(10-15)14(19)16-12-5-8-21-9-12/h12H,3-11H2,1-2H3,(H,16,19)/t12-,15+/m1/s1. The number of hydrogen-bond acceptors (Lipinski definition) is 5. The van der Waals surface area contributed by atoms with Crippen molar-refractivity contribution < 1.29 is 23.8 Å². The molecule has 0 aromatic rings. The molecule has 1 N–H and O–H groups in total. The number of piperidine rings is 1. The lowest BCUT2D eigenvalue weighted by Crippen LogP contribution is -2.56. The van der Waals surface area contributed by atoms with Crippen molar-refractivity contribution >= 4 is 12.0 Å². The number of likely N-dealkylation sites (tertiary alicyclic amines) is 1. The van der Waals surface area contributed by atoms with E-state index in [1.807, 2.05) is 0 Å². The summed E-state index contributed by atoms with van der Waals surface area (Å²) in [5.74, 6) is -0.279. The number of carbonyl (C=O) groups excluding carboxylic acids is 2. The summed E-state index contributed by atoms with van der Waals surface area (Å²) in [7, 11) is 1.57. The van der Waals surface area contributed by atoms with Crippen LogP contribution in [0.1, 0.15) is 26.2 Å². The number of ether oxygens (including phenoxy) is 3. The molecular weight excluding hydrogens is 288 g/mol. The van der Waals surface area contributed by atoms with E-state index in [1.165, 1.54) is 0 Å². The maximum atomic E-state index is 12.4. The zero-order valence-electron chi connectivity index (χ0n) is 13.4. The van der Waals surface area contributed by atoms with Crippen LogP contribution in [0.4, 0.5) is 4.79 Å². The van der Waals surface area contributed by atoms with Crippen molar-refractivity contribution in [1.82, 2.24) is 10.2 Å². The van der Waals surface area contributed by atoms with Gasteiger partial charge in [0, 0.05) is 26.8 Å². The van der Waals surface area contributed by atoms with Crippen molar-refractivity contribution in [3.8, 4) is 0 Å². The zero-order valence-corrected chi connectivity index (χ0v) is 13.4. The lowest BCUT2D eigenvalue weighted by molar-refractivity contribution is -0.162. The smallest absolute Gasteiger partial charge is 0.317 e. The van der Waals surface area contributed by atoms with Gasteiger partial charge >= 0.3 is 12.0 Å². The van der Waals surface area contributed by atoms with E-state index in [4.69, 9.17) is 14.2 Å². The second kappa shape index (κ2) is 7.78. The fourth-order valence-corrected chi connectivity index (χ4v) is 3.12. The van der Waals surface area contributed by atoms with E-state index in [-0.39, 0.29) is 24.6 Å². The Labute approximate surface area is 131 Å². The SMILES string of the molecule is CCOC(=O)[C@@]1(COC)CCCN(C(=O)N[C@@H]2CCOC2)C1. The molecule has 2 aliphatic heterocycles. The molecule has 0 radical (unpaired) electrons. The van der Waals surface area contributed by atoms with Crippen LogP contribution in [-0.2, 0) is 19.0 Å². The first kappa shape index (κ1) is 17.0. The Kier molecular flexibility index (Phi) is 6.02. The average Bonchev–Trinajstić information content (AvgIpc) is 3.01. The minimum absolute atomic E-state index is 0.0637. The Bertz CT molecular complexity index is 393. The van der Waals surface area contributed by atoms with Crippen molar-refractivity contribution in [2.45, 2.75) is 32.2 Å². The third kappa shape index (κ3) is 3.89. The molecule has 7 nitrogen and oxygen atoms in total. The normalized spacial score (nSPS) is 28.5. The second-order valence-corrected chi connectivity index (χ2v) is 5.97. The van der Waals surface area contributed by atoms with Crippen LogP contribution in [0.25, 0.3) is 0 Å². The lowest BCUT2D eigenvalue weighted by Gasteiger charge is -2.40. The molecular formula is C15H26N2O5. The first-order valence-corrected chi connectivity index (χ1v) is 7.90. The van der Waals surface area contributed by atoms with Crippen LogP contribution < -0.4 is 5.32 Å². The molecule has 126 valence electrons. The van der Waals surface area contributed by atoms with E-state index in [0.29, 0.717) is 39.3 Å². The van der Waals surface area contributed by atoms with Gasteiger partial charge in [-0.15, -0.1) is 0 Å². The Morgan fingerprint density at radius 2 is 2.27 bits per heavy atom. The van der Waals surface area contributed by atoms with E-state index in [0.717, 1.165) is 12.8 Å². The average molecular weight is 314 g/mol. The van der Waals surface area contributed by atoms with Crippen molar-refractivity contribution in [1.29, 1.82) is 0 Å². The summed E-state index contributed by atoms with van der Waals surface area (Å²) in [6.45, 7) is 4.59. The Hall–Kier alpha value is -1.34. The lowest BCUT2D eigenvalue weighted by atomic mass is 9.80. The maximum absolute atomic E-state index is 12.4. The number of esters is 1. The number of methoxy groups -OCH3 is 1. The number of nitrogens with one attached hydrogen (secondary N) is 1. The molecule has 0 aromatic carbocycles. The van der Waals surface area contributed by atoms with E-state index in [9.17, 15) is 9.59 Å². The van der Waals surface area contributed by atoms with Gasteiger partial charge < -0.3 is 24.4 Å². The van der Waals surface area contributed by atoms with Crippen LogP contribution in [-0.4, -0.2) is 69.6 Å². The van der Waals surface area contributed by atoms with Crippen LogP contribution in [0.15, 0.2) is 0 Å². The monoisotopic (exact) mass is 314 g/mol. The minimum atomic E-state index is -0.757. The summed E-state index contributed by atoms with van der Waals surface area (Å²) in [5, 5.41) is 2.97. The maximum Gasteiger partial charge on any atom is 0.317 e. The third-order valence-corrected chi connectivity index (χ3v) is 4.25. The molecule has 0 aromatic heterocycles. The molecule has 2 atom stereocenters. The van der Waals surface area contributed by atoms with Crippen molar-refractivity contribution in [3.63, 3.8) is 0 Å². The second-order valence-electron chi connectivity index (χ2n) is 5.97. The Morgan fingerprint density at radius 3 is 2.91 bits per heavy atom. The van der Waals surface area contributed by atoms with E-state index >= 15 is 0 Å². The van der Waals surface area contributed by atoms with Gasteiger partial charge in [0.25, 0.3) is 0 Å². The predicted octanol–water partition coefficient (Wildman–Crippen LogP) is 0.777. The van der Waals surface area contributed by atoms with E-state index < -0.39 is 5.41 Å². The zero-order chi connectivity index (χ0) is 16.0. The molecule has 0 bridgehead atoms. The van der Waals surface area contributed by atoms with Gasteiger partial charge in [-0.25, -0.2) is 4.79 Å². The van der Waals surface area contributed by atoms with Gasteiger partial charge in [-0.3, -0.25) is 4.79 Å². The number of nitrogens with zero attached hydrogens (tertiary/aromatic N) is 1. The molecule has 2 heterocycles. The van der Waals surface area contributed by atoms with Crippen molar-refractivity contribution in [3.05, 3.63) is 0 Å². The summed E-state index contributed by atoms with van der Waals surface area (Å²) in [6.07, 6.45) is 2.27. The van der Waals surface area contributed by atoms with Gasteiger partial charge in [-0.2, -0.15) is 0 Å². The highest BCUT2D eigenvalue weighted by atomic mass is 16.5. The van der Waals surface area contributed by atoms with Crippen molar-refractivity contribution in [2.75, 3.05) is 46.6 Å². The van der Waals surface area contributed by atoms with Gasteiger partial charge in [0.05, 0.1) is 25.9 Å². The quantitative estimate of drug-likeness (QED) is 0.759. The van der Waals surface area contributed by atoms with Crippen LogP contribution in [0.3, 0.4) is 0 Å². The summed E-state index contributed by atoms with van der Waals surface area (Å²) >= 11 is 0. The van der Waals surface area contributed by atoms with Crippen LogP contribution >= 0.6 is 0 Å². The molecule has 2 aliphatic rings. The largest absolute Gasteiger partial charge is 0.465 e. The van der Waals surface area contributed by atoms with Gasteiger partial charge in [-0.05, 0) is 26.2 Å². The molecule has 0 spiro atoms. The fourth-order valence-electron chi connectivity index (χ4n) is 3.12. The summed E-state index contributed by atoms with van der Waals surface area (Å²) in [4.78, 5) is 26.4. The number of urea groups is 1. The number of hydrogen-bond donors (Lipinski definition) is 1. The van der Waals surface area contributed by atoms with Gasteiger partial charge in [0.1, 0.15) is 5.41 Å². The highest BCUT2D eigenvalue weighted by Crippen LogP contribution is 2.32. The van der Waals surface area contributed by atoms with Gasteiger partial charge in [-0.1, -0.05) is 0 Å². The molecule has 2 saturated heterocycles. The molecule has 2 amide bonds.